The third kappa shape index (κ3) is 3.35. The van der Waals surface area contributed by atoms with Gasteiger partial charge in [0.1, 0.15) is 0 Å². The minimum atomic E-state index is -0.456. The quantitative estimate of drug-likeness (QED) is 0.899. The second kappa shape index (κ2) is 7.37. The van der Waals surface area contributed by atoms with Crippen molar-refractivity contribution < 1.29 is 9.13 Å². The fraction of sp³-hybridized carbons (Fsp3) is 0.550. The summed E-state index contributed by atoms with van der Waals surface area (Å²) in [6, 6.07) is 6.52. The SMILES string of the molecule is CC1=C(F)C(N2CC(CCN3CCOCC3)c3cc(C)ccc32)NC=N1. The van der Waals surface area contributed by atoms with Crippen molar-refractivity contribution in [1.82, 2.24) is 10.2 Å². The number of hydrogen-bond donors (Lipinski definition) is 1. The Balaban J connectivity index is 1.54. The van der Waals surface area contributed by atoms with E-state index in [4.69, 9.17) is 4.74 Å². The maximum Gasteiger partial charge on any atom is 0.164 e. The fourth-order valence-corrected chi connectivity index (χ4v) is 4.12. The molecule has 0 amide bonds. The molecule has 2 atom stereocenters. The molecule has 0 aromatic heterocycles. The maximum atomic E-state index is 14.7. The van der Waals surface area contributed by atoms with E-state index >= 15 is 0 Å². The summed E-state index contributed by atoms with van der Waals surface area (Å²) in [7, 11) is 0. The monoisotopic (exact) mass is 358 g/mol. The number of ether oxygens (including phenoxy) is 1. The molecule has 0 aliphatic carbocycles. The van der Waals surface area contributed by atoms with E-state index in [1.165, 1.54) is 11.1 Å². The molecular formula is C20H27FN4O. The van der Waals surface area contributed by atoms with Gasteiger partial charge in [-0.05, 0) is 38.4 Å². The zero-order valence-corrected chi connectivity index (χ0v) is 15.5. The molecule has 3 aliphatic heterocycles. The number of allylic oxidation sites excluding steroid dienone is 1. The largest absolute Gasteiger partial charge is 0.379 e. The first-order valence-electron chi connectivity index (χ1n) is 9.45. The lowest BCUT2D eigenvalue weighted by atomic mass is 9.96. The van der Waals surface area contributed by atoms with Gasteiger partial charge in [0.2, 0.25) is 0 Å². The van der Waals surface area contributed by atoms with E-state index in [1.807, 2.05) is 0 Å². The molecule has 1 aromatic rings. The minimum Gasteiger partial charge on any atom is -0.379 e. The first kappa shape index (κ1) is 17.5. The van der Waals surface area contributed by atoms with Crippen molar-refractivity contribution in [2.75, 3.05) is 44.3 Å². The van der Waals surface area contributed by atoms with E-state index < -0.39 is 6.17 Å². The molecule has 3 aliphatic rings. The number of fused-ring (bicyclic) bond motifs is 1. The average Bonchev–Trinajstić information content (AvgIpc) is 3.01. The van der Waals surface area contributed by atoms with Crippen molar-refractivity contribution >= 4 is 12.0 Å². The van der Waals surface area contributed by atoms with Crippen LogP contribution in [0.4, 0.5) is 10.1 Å². The molecule has 0 radical (unpaired) electrons. The number of nitrogens with zero attached hydrogens (tertiary/aromatic N) is 3. The summed E-state index contributed by atoms with van der Waals surface area (Å²) in [6.45, 7) is 9.41. The van der Waals surface area contributed by atoms with Gasteiger partial charge in [-0.1, -0.05) is 17.7 Å². The van der Waals surface area contributed by atoms with Gasteiger partial charge in [0.25, 0.3) is 0 Å². The van der Waals surface area contributed by atoms with Crippen LogP contribution in [-0.4, -0.2) is 56.8 Å². The van der Waals surface area contributed by atoms with Crippen molar-refractivity contribution in [2.24, 2.45) is 4.99 Å². The lowest BCUT2D eigenvalue weighted by molar-refractivity contribution is 0.0367. The Kier molecular flexibility index (Phi) is 4.96. The van der Waals surface area contributed by atoms with Crippen LogP contribution in [0.15, 0.2) is 34.7 Å². The molecule has 140 valence electrons. The van der Waals surface area contributed by atoms with Gasteiger partial charge in [-0.2, -0.15) is 0 Å². The fourth-order valence-electron chi connectivity index (χ4n) is 4.12. The van der Waals surface area contributed by atoms with E-state index in [0.29, 0.717) is 11.6 Å². The molecule has 0 saturated carbocycles. The number of nitrogens with one attached hydrogen (secondary N) is 1. The maximum absolute atomic E-state index is 14.7. The van der Waals surface area contributed by atoms with Gasteiger partial charge in [0.05, 0.1) is 25.2 Å². The van der Waals surface area contributed by atoms with Crippen LogP contribution in [0.25, 0.3) is 0 Å². The van der Waals surface area contributed by atoms with Crippen molar-refractivity contribution in [2.45, 2.75) is 32.4 Å². The van der Waals surface area contributed by atoms with E-state index in [0.717, 1.165) is 51.5 Å². The van der Waals surface area contributed by atoms with Gasteiger partial charge in [-0.15, -0.1) is 0 Å². The van der Waals surface area contributed by atoms with Crippen LogP contribution in [0.1, 0.15) is 30.4 Å². The first-order chi connectivity index (χ1) is 12.6. The van der Waals surface area contributed by atoms with Crippen LogP contribution in [0, 0.1) is 6.92 Å². The Hall–Kier alpha value is -1.92. The summed E-state index contributed by atoms with van der Waals surface area (Å²) in [5.41, 5.74) is 4.19. The number of anilines is 1. The van der Waals surface area contributed by atoms with Gasteiger partial charge >= 0.3 is 0 Å². The molecule has 26 heavy (non-hydrogen) atoms. The van der Waals surface area contributed by atoms with Crippen LogP contribution in [0.2, 0.25) is 0 Å². The molecule has 3 heterocycles. The normalized spacial score (nSPS) is 26.2. The van der Waals surface area contributed by atoms with Gasteiger partial charge in [0.15, 0.2) is 12.0 Å². The molecule has 2 unspecified atom stereocenters. The predicted molar refractivity (Wildman–Crippen MR) is 102 cm³/mol. The number of benzene rings is 1. The van der Waals surface area contributed by atoms with E-state index in [1.54, 1.807) is 13.3 Å². The number of hydrogen-bond acceptors (Lipinski definition) is 5. The zero-order valence-electron chi connectivity index (χ0n) is 15.5. The summed E-state index contributed by atoms with van der Waals surface area (Å²) in [5, 5.41) is 3.10. The summed E-state index contributed by atoms with van der Waals surface area (Å²) in [6.07, 6.45) is 2.23. The smallest absolute Gasteiger partial charge is 0.164 e. The van der Waals surface area contributed by atoms with Gasteiger partial charge < -0.3 is 15.0 Å². The number of rotatable bonds is 4. The molecule has 0 bridgehead atoms. The molecule has 1 fully saturated rings. The second-order valence-corrected chi connectivity index (χ2v) is 7.41. The molecule has 4 rings (SSSR count). The van der Waals surface area contributed by atoms with Gasteiger partial charge in [-0.25, -0.2) is 9.38 Å². The molecule has 0 spiro atoms. The second-order valence-electron chi connectivity index (χ2n) is 7.41. The summed E-state index contributed by atoms with van der Waals surface area (Å²) in [5.74, 6) is 0.231. The highest BCUT2D eigenvalue weighted by atomic mass is 19.1. The Bertz CT molecular complexity index is 727. The Morgan fingerprint density at radius 1 is 1.27 bits per heavy atom. The summed E-state index contributed by atoms with van der Waals surface area (Å²) < 4.78 is 20.2. The van der Waals surface area contributed by atoms with Crippen LogP contribution >= 0.6 is 0 Å². The zero-order chi connectivity index (χ0) is 18.1. The molecule has 5 nitrogen and oxygen atoms in total. The van der Waals surface area contributed by atoms with E-state index in [-0.39, 0.29) is 5.83 Å². The average molecular weight is 358 g/mol. The third-order valence-electron chi connectivity index (χ3n) is 5.63. The minimum absolute atomic E-state index is 0.187. The first-order valence-corrected chi connectivity index (χ1v) is 9.45. The highest BCUT2D eigenvalue weighted by molar-refractivity contribution is 5.67. The highest BCUT2D eigenvalue weighted by Crippen LogP contribution is 2.41. The van der Waals surface area contributed by atoms with Crippen LogP contribution in [-0.2, 0) is 4.74 Å². The summed E-state index contributed by atoms with van der Waals surface area (Å²) >= 11 is 0. The van der Waals surface area contributed by atoms with Crippen LogP contribution in [0.5, 0.6) is 0 Å². The predicted octanol–water partition coefficient (Wildman–Crippen LogP) is 2.78. The van der Waals surface area contributed by atoms with E-state index in [2.05, 4.69) is 45.2 Å². The van der Waals surface area contributed by atoms with Crippen LogP contribution < -0.4 is 10.2 Å². The third-order valence-corrected chi connectivity index (χ3v) is 5.63. The van der Waals surface area contributed by atoms with Crippen molar-refractivity contribution in [3.05, 3.63) is 40.8 Å². The van der Waals surface area contributed by atoms with Crippen molar-refractivity contribution in [3.8, 4) is 0 Å². The topological polar surface area (TPSA) is 40.1 Å². The Morgan fingerprint density at radius 3 is 2.88 bits per heavy atom. The Labute approximate surface area is 154 Å². The molecule has 6 heteroatoms. The van der Waals surface area contributed by atoms with Gasteiger partial charge in [0, 0.05) is 31.2 Å². The molecule has 1 aromatic carbocycles. The lowest BCUT2D eigenvalue weighted by Gasteiger charge is -2.32. The van der Waals surface area contributed by atoms with Crippen molar-refractivity contribution in [1.29, 1.82) is 0 Å². The number of aliphatic imine (C=N–C) groups is 1. The molecule has 1 saturated heterocycles. The standard InChI is InChI=1S/C20H27FN4O/c1-14-3-4-18-17(11-14)16(5-6-24-7-9-26-10-8-24)12-25(18)20-19(21)15(2)22-13-23-20/h3-4,11,13,16,20H,5-10,12H2,1-2H3,(H,22,23). The number of aryl methyl sites for hydroxylation is 1. The van der Waals surface area contributed by atoms with Crippen LogP contribution in [0.3, 0.4) is 0 Å². The Morgan fingerprint density at radius 2 is 2.08 bits per heavy atom. The van der Waals surface area contributed by atoms with Crippen molar-refractivity contribution in [3.63, 3.8) is 0 Å². The molecule has 1 N–H and O–H groups in total. The highest BCUT2D eigenvalue weighted by Gasteiger charge is 2.36. The number of halogens is 1. The van der Waals surface area contributed by atoms with E-state index in [9.17, 15) is 4.39 Å². The van der Waals surface area contributed by atoms with Gasteiger partial charge in [-0.3, -0.25) is 4.90 Å². The summed E-state index contributed by atoms with van der Waals surface area (Å²) in [4.78, 5) is 8.67. The molecular weight excluding hydrogens is 331 g/mol. The lowest BCUT2D eigenvalue weighted by Crippen LogP contribution is -2.47. The number of morpholine rings is 1.